The first-order valence-electron chi connectivity index (χ1n) is 5.96. The summed E-state index contributed by atoms with van der Waals surface area (Å²) < 4.78 is 5.12. The number of aryl methyl sites for hydroxylation is 2. The highest BCUT2D eigenvalue weighted by Gasteiger charge is 2.05. The Morgan fingerprint density at radius 1 is 1.12 bits per heavy atom. The third kappa shape index (κ3) is 4.62. The zero-order chi connectivity index (χ0) is 12.5. The second-order valence-corrected chi connectivity index (χ2v) is 3.50. The summed E-state index contributed by atoms with van der Waals surface area (Å²) in [6, 6.07) is 0. The van der Waals surface area contributed by atoms with E-state index in [1.165, 1.54) is 0 Å². The molecule has 0 aliphatic heterocycles. The monoisotopic (exact) mass is 240 g/mol. The van der Waals surface area contributed by atoms with Crippen LogP contribution < -0.4 is 5.32 Å². The quantitative estimate of drug-likeness (QED) is 0.641. The van der Waals surface area contributed by atoms with Gasteiger partial charge in [-0.15, -0.1) is 5.10 Å². The van der Waals surface area contributed by atoms with Crippen LogP contribution in [0.2, 0.25) is 0 Å². The summed E-state index contributed by atoms with van der Waals surface area (Å²) in [5.74, 6) is 0.534. The Morgan fingerprint density at radius 2 is 1.88 bits per heavy atom. The minimum Gasteiger partial charge on any atom is -0.394 e. The number of hydrogen-bond donors (Lipinski definition) is 2. The van der Waals surface area contributed by atoms with E-state index >= 15 is 0 Å². The molecule has 17 heavy (non-hydrogen) atoms. The molecule has 0 saturated carbocycles. The third-order valence-corrected chi connectivity index (χ3v) is 2.27. The van der Waals surface area contributed by atoms with E-state index in [4.69, 9.17) is 9.84 Å². The van der Waals surface area contributed by atoms with E-state index in [2.05, 4.69) is 27.4 Å². The van der Waals surface area contributed by atoms with Crippen LogP contribution in [0.3, 0.4) is 0 Å². The van der Waals surface area contributed by atoms with Gasteiger partial charge in [0.15, 0.2) is 0 Å². The summed E-state index contributed by atoms with van der Waals surface area (Å²) in [6.45, 7) is 5.62. The first kappa shape index (κ1) is 13.8. The van der Waals surface area contributed by atoms with Crippen molar-refractivity contribution < 1.29 is 9.84 Å². The third-order valence-electron chi connectivity index (χ3n) is 2.27. The highest BCUT2D eigenvalue weighted by Crippen LogP contribution is 2.06. The molecule has 0 spiro atoms. The van der Waals surface area contributed by atoms with Gasteiger partial charge in [0, 0.05) is 6.54 Å². The van der Waals surface area contributed by atoms with Crippen LogP contribution in [0.5, 0.6) is 0 Å². The van der Waals surface area contributed by atoms with Crippen molar-refractivity contribution in [2.45, 2.75) is 26.7 Å². The molecular formula is C11H20N4O2. The van der Waals surface area contributed by atoms with Crippen LogP contribution >= 0.6 is 0 Å². The molecule has 0 radical (unpaired) electrons. The highest BCUT2D eigenvalue weighted by molar-refractivity contribution is 5.25. The zero-order valence-electron chi connectivity index (χ0n) is 10.4. The molecule has 0 amide bonds. The van der Waals surface area contributed by atoms with Gasteiger partial charge < -0.3 is 15.2 Å². The minimum absolute atomic E-state index is 0.0449. The fourth-order valence-corrected chi connectivity index (χ4v) is 1.41. The predicted molar refractivity (Wildman–Crippen MR) is 65.0 cm³/mol. The van der Waals surface area contributed by atoms with E-state index in [9.17, 15) is 0 Å². The zero-order valence-corrected chi connectivity index (χ0v) is 10.4. The molecule has 0 aliphatic rings. The average molecular weight is 240 g/mol. The van der Waals surface area contributed by atoms with E-state index in [0.29, 0.717) is 25.7 Å². The fourth-order valence-electron chi connectivity index (χ4n) is 1.41. The SMILES string of the molecule is CCc1nnc(NCCOCCO)nc1CC. The van der Waals surface area contributed by atoms with Gasteiger partial charge in [0.25, 0.3) is 0 Å². The van der Waals surface area contributed by atoms with Gasteiger partial charge >= 0.3 is 0 Å². The van der Waals surface area contributed by atoms with Crippen LogP contribution in [-0.2, 0) is 17.6 Å². The summed E-state index contributed by atoms with van der Waals surface area (Å²) in [7, 11) is 0. The summed E-state index contributed by atoms with van der Waals surface area (Å²) in [6.07, 6.45) is 1.71. The Labute approximate surface area is 101 Å². The van der Waals surface area contributed by atoms with Crippen LogP contribution in [0.15, 0.2) is 0 Å². The predicted octanol–water partition coefficient (Wildman–Crippen LogP) is 0.417. The molecule has 0 aliphatic carbocycles. The summed E-state index contributed by atoms with van der Waals surface area (Å²) in [5.41, 5.74) is 1.94. The normalized spacial score (nSPS) is 10.5. The number of ether oxygens (including phenoxy) is 1. The molecule has 0 aromatic carbocycles. The molecule has 6 nitrogen and oxygen atoms in total. The molecule has 0 unspecified atom stereocenters. The van der Waals surface area contributed by atoms with Gasteiger partial charge in [-0.2, -0.15) is 5.10 Å². The topological polar surface area (TPSA) is 80.2 Å². The number of nitrogens with zero attached hydrogens (tertiary/aromatic N) is 3. The van der Waals surface area contributed by atoms with Crippen molar-refractivity contribution in [1.29, 1.82) is 0 Å². The van der Waals surface area contributed by atoms with Crippen molar-refractivity contribution in [1.82, 2.24) is 15.2 Å². The summed E-state index contributed by atoms with van der Waals surface area (Å²) >= 11 is 0. The maximum Gasteiger partial charge on any atom is 0.243 e. The first-order chi connectivity index (χ1) is 8.31. The van der Waals surface area contributed by atoms with Crippen LogP contribution in [-0.4, -0.2) is 46.7 Å². The lowest BCUT2D eigenvalue weighted by Gasteiger charge is -2.07. The fraction of sp³-hybridized carbons (Fsp3) is 0.727. The smallest absolute Gasteiger partial charge is 0.243 e. The Kier molecular flexibility index (Phi) is 6.42. The number of aliphatic hydroxyl groups excluding tert-OH is 1. The second kappa shape index (κ2) is 7.92. The van der Waals surface area contributed by atoms with Crippen LogP contribution in [0.25, 0.3) is 0 Å². The molecule has 0 bridgehead atoms. The molecule has 2 N–H and O–H groups in total. The van der Waals surface area contributed by atoms with Crippen molar-refractivity contribution in [3.05, 3.63) is 11.4 Å². The number of hydrogen-bond acceptors (Lipinski definition) is 6. The molecule has 96 valence electrons. The van der Waals surface area contributed by atoms with Crippen molar-refractivity contribution >= 4 is 5.95 Å². The van der Waals surface area contributed by atoms with Gasteiger partial charge in [0.1, 0.15) is 0 Å². The van der Waals surface area contributed by atoms with Crippen molar-refractivity contribution in [2.24, 2.45) is 0 Å². The van der Waals surface area contributed by atoms with Gasteiger partial charge in [-0.3, -0.25) is 0 Å². The highest BCUT2D eigenvalue weighted by atomic mass is 16.5. The maximum atomic E-state index is 8.53. The van der Waals surface area contributed by atoms with Gasteiger partial charge in [-0.05, 0) is 12.8 Å². The summed E-state index contributed by atoms with van der Waals surface area (Å²) in [4.78, 5) is 4.39. The van der Waals surface area contributed by atoms with Crippen molar-refractivity contribution in [3.8, 4) is 0 Å². The molecule has 0 atom stereocenters. The lowest BCUT2D eigenvalue weighted by Crippen LogP contribution is -2.15. The van der Waals surface area contributed by atoms with Gasteiger partial charge in [0.05, 0.1) is 31.2 Å². The van der Waals surface area contributed by atoms with Gasteiger partial charge in [0.2, 0.25) is 5.95 Å². The maximum absolute atomic E-state index is 8.53. The molecule has 1 rings (SSSR count). The molecular weight excluding hydrogens is 220 g/mol. The standard InChI is InChI=1S/C11H20N4O2/c1-3-9-10(4-2)14-15-11(13-9)12-5-7-17-8-6-16/h16H,3-8H2,1-2H3,(H,12,13,15). The number of aliphatic hydroxyl groups is 1. The molecule has 1 aromatic rings. The van der Waals surface area contributed by atoms with E-state index in [-0.39, 0.29) is 6.61 Å². The van der Waals surface area contributed by atoms with E-state index in [0.717, 1.165) is 24.2 Å². The van der Waals surface area contributed by atoms with Crippen molar-refractivity contribution in [2.75, 3.05) is 31.7 Å². The van der Waals surface area contributed by atoms with Gasteiger partial charge in [-0.1, -0.05) is 13.8 Å². The van der Waals surface area contributed by atoms with Crippen molar-refractivity contribution in [3.63, 3.8) is 0 Å². The molecule has 1 aromatic heterocycles. The molecule has 0 fully saturated rings. The Balaban J connectivity index is 2.43. The molecule has 0 saturated heterocycles. The van der Waals surface area contributed by atoms with Crippen LogP contribution in [0.1, 0.15) is 25.2 Å². The van der Waals surface area contributed by atoms with Crippen LogP contribution in [0.4, 0.5) is 5.95 Å². The number of rotatable bonds is 8. The number of aromatic nitrogens is 3. The first-order valence-corrected chi connectivity index (χ1v) is 5.96. The summed E-state index contributed by atoms with van der Waals surface area (Å²) in [5, 5.41) is 19.7. The lowest BCUT2D eigenvalue weighted by atomic mass is 10.2. The number of nitrogens with one attached hydrogen (secondary N) is 1. The number of anilines is 1. The Bertz CT molecular complexity index is 333. The van der Waals surface area contributed by atoms with Gasteiger partial charge in [-0.25, -0.2) is 4.98 Å². The Morgan fingerprint density at radius 3 is 2.53 bits per heavy atom. The van der Waals surface area contributed by atoms with E-state index in [1.807, 2.05) is 6.92 Å². The largest absolute Gasteiger partial charge is 0.394 e. The molecule has 6 heteroatoms. The lowest BCUT2D eigenvalue weighted by molar-refractivity contribution is 0.0991. The average Bonchev–Trinajstić information content (AvgIpc) is 2.38. The second-order valence-electron chi connectivity index (χ2n) is 3.50. The van der Waals surface area contributed by atoms with E-state index in [1.54, 1.807) is 0 Å². The minimum atomic E-state index is 0.0449. The molecule has 1 heterocycles. The van der Waals surface area contributed by atoms with E-state index < -0.39 is 0 Å². The van der Waals surface area contributed by atoms with Crippen LogP contribution in [0, 0.1) is 0 Å². The Hall–Kier alpha value is -1.27.